The van der Waals surface area contributed by atoms with Crippen LogP contribution in [0.1, 0.15) is 38.7 Å². The van der Waals surface area contributed by atoms with E-state index in [4.69, 9.17) is 5.73 Å². The van der Waals surface area contributed by atoms with E-state index in [1.54, 1.807) is 0 Å². The maximum absolute atomic E-state index is 5.92. The van der Waals surface area contributed by atoms with Crippen molar-refractivity contribution in [3.63, 3.8) is 0 Å². The van der Waals surface area contributed by atoms with Gasteiger partial charge in [0.25, 0.3) is 0 Å². The molecule has 0 fully saturated rings. The van der Waals surface area contributed by atoms with E-state index in [0.29, 0.717) is 12.0 Å². The van der Waals surface area contributed by atoms with Gasteiger partial charge in [-0.25, -0.2) is 0 Å². The second-order valence-corrected chi connectivity index (χ2v) is 4.69. The molecule has 17 heavy (non-hydrogen) atoms. The third-order valence-electron chi connectivity index (χ3n) is 3.63. The highest BCUT2D eigenvalue weighted by atomic mass is 15.1. The first-order chi connectivity index (χ1) is 8.22. The van der Waals surface area contributed by atoms with Crippen LogP contribution in [0.5, 0.6) is 0 Å². The smallest absolute Gasteiger partial charge is 0.00889 e. The Balaban J connectivity index is 2.69. The van der Waals surface area contributed by atoms with Gasteiger partial charge in [-0.2, -0.15) is 0 Å². The zero-order valence-electron chi connectivity index (χ0n) is 11.4. The lowest BCUT2D eigenvalue weighted by Crippen LogP contribution is -2.37. The van der Waals surface area contributed by atoms with Gasteiger partial charge in [0.2, 0.25) is 0 Å². The summed E-state index contributed by atoms with van der Waals surface area (Å²) in [6.07, 6.45) is 1.19. The predicted molar refractivity (Wildman–Crippen MR) is 75.2 cm³/mol. The number of nitrogens with two attached hydrogens (primary N) is 1. The lowest BCUT2D eigenvalue weighted by Gasteiger charge is -2.30. The average molecular weight is 234 g/mol. The minimum absolute atomic E-state index is 0.449. The topological polar surface area (TPSA) is 29.3 Å². The summed E-state index contributed by atoms with van der Waals surface area (Å²) in [5, 5.41) is 0. The molecule has 0 aliphatic rings. The highest BCUT2D eigenvalue weighted by Crippen LogP contribution is 2.17. The molecule has 0 heterocycles. The first-order valence-electron chi connectivity index (χ1n) is 6.71. The molecule has 1 rings (SSSR count). The molecule has 0 aromatic heterocycles. The predicted octanol–water partition coefficient (Wildman–Crippen LogP) is 2.85. The molecule has 2 N–H and O–H groups in total. The van der Waals surface area contributed by atoms with Gasteiger partial charge in [0.15, 0.2) is 0 Å². The fourth-order valence-corrected chi connectivity index (χ4v) is 2.20. The number of nitrogens with zero attached hydrogens (tertiary/aromatic N) is 1. The van der Waals surface area contributed by atoms with Gasteiger partial charge in [0.05, 0.1) is 0 Å². The largest absolute Gasteiger partial charge is 0.330 e. The zero-order chi connectivity index (χ0) is 12.7. The minimum atomic E-state index is 0.449. The first kappa shape index (κ1) is 14.2. The molecule has 2 unspecified atom stereocenters. The van der Waals surface area contributed by atoms with Crippen molar-refractivity contribution >= 4 is 0 Å². The van der Waals surface area contributed by atoms with Gasteiger partial charge >= 0.3 is 0 Å². The first-order valence-corrected chi connectivity index (χ1v) is 6.71. The Kier molecular flexibility index (Phi) is 6.23. The molecular formula is C15H26N2. The molecule has 0 saturated carbocycles. The van der Waals surface area contributed by atoms with E-state index in [-0.39, 0.29) is 0 Å². The van der Waals surface area contributed by atoms with E-state index in [0.717, 1.165) is 19.6 Å². The highest BCUT2D eigenvalue weighted by molar-refractivity contribution is 5.20. The van der Waals surface area contributed by atoms with Gasteiger partial charge in [-0.05, 0) is 25.5 Å². The molecule has 1 aromatic carbocycles. The van der Waals surface area contributed by atoms with Gasteiger partial charge in [0, 0.05) is 25.0 Å². The van der Waals surface area contributed by atoms with Crippen LogP contribution in [0.4, 0.5) is 0 Å². The molecule has 2 nitrogen and oxygen atoms in total. The summed E-state index contributed by atoms with van der Waals surface area (Å²) >= 11 is 0. The quantitative estimate of drug-likeness (QED) is 0.786. The molecule has 0 bridgehead atoms. The highest BCUT2D eigenvalue weighted by Gasteiger charge is 2.16. The number of rotatable bonds is 7. The average Bonchev–Trinajstić information content (AvgIpc) is 2.40. The molecular weight excluding hydrogens is 208 g/mol. The Labute approximate surface area is 106 Å². The van der Waals surface area contributed by atoms with Crippen LogP contribution in [0.15, 0.2) is 30.3 Å². The van der Waals surface area contributed by atoms with Crippen LogP contribution >= 0.6 is 0 Å². The van der Waals surface area contributed by atoms with E-state index in [9.17, 15) is 0 Å². The van der Waals surface area contributed by atoms with Crippen LogP contribution in [0.3, 0.4) is 0 Å². The summed E-state index contributed by atoms with van der Waals surface area (Å²) in [6.45, 7) is 9.64. The van der Waals surface area contributed by atoms with Crippen LogP contribution in [0, 0.1) is 0 Å². The molecule has 0 aliphatic heterocycles. The Morgan fingerprint density at radius 2 is 1.82 bits per heavy atom. The summed E-state index contributed by atoms with van der Waals surface area (Å²) in [4.78, 5) is 2.52. The Bertz CT molecular complexity index is 297. The third kappa shape index (κ3) is 4.14. The van der Waals surface area contributed by atoms with Crippen molar-refractivity contribution in [1.29, 1.82) is 0 Å². The van der Waals surface area contributed by atoms with Crippen molar-refractivity contribution in [3.8, 4) is 0 Å². The normalized spacial score (nSPS) is 14.9. The van der Waals surface area contributed by atoms with E-state index in [1.165, 1.54) is 12.0 Å². The van der Waals surface area contributed by atoms with Crippen LogP contribution in [0.25, 0.3) is 0 Å². The van der Waals surface area contributed by atoms with Crippen LogP contribution < -0.4 is 5.73 Å². The summed E-state index contributed by atoms with van der Waals surface area (Å²) < 4.78 is 0. The molecule has 0 radical (unpaired) electrons. The van der Waals surface area contributed by atoms with Gasteiger partial charge < -0.3 is 10.6 Å². The zero-order valence-corrected chi connectivity index (χ0v) is 11.4. The standard InChI is InChI=1S/C15H26N2/c1-4-13(3)17(5-2)12-15(11-16)14-9-7-6-8-10-14/h6-10,13,15H,4-5,11-12,16H2,1-3H3. The van der Waals surface area contributed by atoms with E-state index >= 15 is 0 Å². The van der Waals surface area contributed by atoms with Gasteiger partial charge in [-0.1, -0.05) is 44.2 Å². The van der Waals surface area contributed by atoms with Gasteiger partial charge in [-0.15, -0.1) is 0 Å². The molecule has 1 aromatic rings. The second kappa shape index (κ2) is 7.46. The van der Waals surface area contributed by atoms with E-state index in [1.807, 2.05) is 0 Å². The van der Waals surface area contributed by atoms with Crippen molar-refractivity contribution in [2.45, 2.75) is 39.2 Å². The van der Waals surface area contributed by atoms with Crippen molar-refractivity contribution < 1.29 is 0 Å². The summed E-state index contributed by atoms with van der Waals surface area (Å²) in [7, 11) is 0. The summed E-state index contributed by atoms with van der Waals surface area (Å²) in [5.74, 6) is 0.449. The van der Waals surface area contributed by atoms with Crippen LogP contribution in [-0.4, -0.2) is 30.6 Å². The number of likely N-dealkylation sites (N-methyl/N-ethyl adjacent to an activating group) is 1. The van der Waals surface area contributed by atoms with Crippen LogP contribution in [0.2, 0.25) is 0 Å². The summed E-state index contributed by atoms with van der Waals surface area (Å²) in [6, 6.07) is 11.3. The van der Waals surface area contributed by atoms with Crippen molar-refractivity contribution in [1.82, 2.24) is 4.90 Å². The monoisotopic (exact) mass is 234 g/mol. The Morgan fingerprint density at radius 3 is 2.29 bits per heavy atom. The molecule has 0 saturated heterocycles. The molecule has 0 aliphatic carbocycles. The fourth-order valence-electron chi connectivity index (χ4n) is 2.20. The maximum Gasteiger partial charge on any atom is 0.00889 e. The lowest BCUT2D eigenvalue weighted by atomic mass is 9.98. The lowest BCUT2D eigenvalue weighted by molar-refractivity contribution is 0.202. The number of benzene rings is 1. The van der Waals surface area contributed by atoms with Crippen molar-refractivity contribution in [2.75, 3.05) is 19.6 Å². The Hall–Kier alpha value is -0.860. The van der Waals surface area contributed by atoms with Crippen LogP contribution in [-0.2, 0) is 0 Å². The summed E-state index contributed by atoms with van der Waals surface area (Å²) in [5.41, 5.74) is 7.28. The molecule has 0 spiro atoms. The molecule has 0 amide bonds. The fraction of sp³-hybridized carbons (Fsp3) is 0.600. The second-order valence-electron chi connectivity index (χ2n) is 4.69. The minimum Gasteiger partial charge on any atom is -0.330 e. The van der Waals surface area contributed by atoms with Crippen molar-refractivity contribution in [2.24, 2.45) is 5.73 Å². The number of hydrogen-bond acceptors (Lipinski definition) is 2. The number of hydrogen-bond donors (Lipinski definition) is 1. The van der Waals surface area contributed by atoms with Crippen molar-refractivity contribution in [3.05, 3.63) is 35.9 Å². The maximum atomic E-state index is 5.92. The van der Waals surface area contributed by atoms with Gasteiger partial charge in [-0.3, -0.25) is 0 Å². The van der Waals surface area contributed by atoms with Gasteiger partial charge in [0.1, 0.15) is 0 Å². The molecule has 2 heteroatoms. The Morgan fingerprint density at radius 1 is 1.18 bits per heavy atom. The molecule has 96 valence electrons. The molecule has 2 atom stereocenters. The van der Waals surface area contributed by atoms with E-state index in [2.05, 4.69) is 56.0 Å². The third-order valence-corrected chi connectivity index (χ3v) is 3.63. The van der Waals surface area contributed by atoms with E-state index < -0.39 is 0 Å². The SMILES string of the molecule is CCC(C)N(CC)CC(CN)c1ccccc1.